The number of carbonyl (C=O) groups is 3. The third kappa shape index (κ3) is 7.07. The molecule has 0 heterocycles. The molecule has 0 fully saturated rings. The van der Waals surface area contributed by atoms with E-state index in [9.17, 15) is 23.5 Å². The van der Waals surface area contributed by atoms with E-state index >= 15 is 0 Å². The zero-order valence-electron chi connectivity index (χ0n) is 26.3. The number of hydrogen-bond acceptors (Lipinski definition) is 5. The number of carbonyl (C=O) groups excluding carboxylic acids is 3. The fourth-order valence-corrected chi connectivity index (χ4v) is 8.98. The van der Waals surface area contributed by atoms with Gasteiger partial charge in [0.15, 0.2) is 0 Å². The maximum atomic E-state index is 14.5. The van der Waals surface area contributed by atoms with Gasteiger partial charge in [0.1, 0.15) is 0 Å². The van der Waals surface area contributed by atoms with E-state index < -0.39 is 26.7 Å². The van der Waals surface area contributed by atoms with Gasteiger partial charge in [-0.25, -0.2) is 4.79 Å². The van der Waals surface area contributed by atoms with Gasteiger partial charge in [-0.3, -0.25) is 9.59 Å². The van der Waals surface area contributed by atoms with Gasteiger partial charge in [0, 0.05) is 16.4 Å². The fourth-order valence-electron chi connectivity index (χ4n) is 5.90. The molecule has 0 aliphatic rings. The van der Waals surface area contributed by atoms with Crippen molar-refractivity contribution in [2.24, 2.45) is 0 Å². The number of benzene rings is 4. The molecule has 0 spiro atoms. The van der Waals surface area contributed by atoms with Crippen LogP contribution < -0.4 is 5.30 Å². The van der Waals surface area contributed by atoms with E-state index in [0.717, 1.165) is 50.1 Å². The van der Waals surface area contributed by atoms with Crippen molar-refractivity contribution in [3.05, 3.63) is 133 Å². The summed E-state index contributed by atoms with van der Waals surface area (Å²) < 4.78 is 25.0. The summed E-state index contributed by atoms with van der Waals surface area (Å²) in [6.45, 7) is 16.9. The fraction of sp³-hybridized carbons (Fsp3) is 0.250. The topological polar surface area (TPSA) is 85.3 Å². The monoisotopic (exact) mass is 613 g/mol. The molecule has 0 aliphatic carbocycles. The van der Waals surface area contributed by atoms with Crippen LogP contribution in [0.4, 0.5) is 0 Å². The lowest BCUT2D eigenvalue weighted by molar-refractivity contribution is 0.103. The van der Waals surface area contributed by atoms with Gasteiger partial charge in [0.2, 0.25) is 18.2 Å². The molecule has 0 aliphatic heterocycles. The maximum absolute atomic E-state index is 14.5. The Morgan fingerprint density at radius 3 is 1.12 bits per heavy atom. The van der Waals surface area contributed by atoms with Crippen LogP contribution in [-0.2, 0) is 9.13 Å². The zero-order valence-corrected chi connectivity index (χ0v) is 28.2. The van der Waals surface area contributed by atoms with E-state index in [1.165, 1.54) is 0 Å². The first-order valence-corrected chi connectivity index (χ1v) is 16.7. The second kappa shape index (κ2) is 13.7. The molecular weight excluding hydrogens is 574 g/mol. The Bertz CT molecular complexity index is 1660. The summed E-state index contributed by atoms with van der Waals surface area (Å²) in [7, 11) is -5.00. The highest BCUT2D eigenvalue weighted by Gasteiger charge is 2.44. The number of hydrogen-bond donors (Lipinski definition) is 0. The summed E-state index contributed by atoms with van der Waals surface area (Å²) in [5.41, 5.74) is 7.83. The van der Waals surface area contributed by atoms with E-state index in [2.05, 4.69) is 0 Å². The van der Waals surface area contributed by atoms with Crippen molar-refractivity contribution < 1.29 is 23.5 Å². The van der Waals surface area contributed by atoms with Crippen molar-refractivity contribution in [2.75, 3.05) is 0 Å². The minimum Gasteiger partial charge on any atom is -0.302 e. The van der Waals surface area contributed by atoms with E-state index in [4.69, 9.17) is 0 Å². The van der Waals surface area contributed by atoms with Gasteiger partial charge in [-0.1, -0.05) is 88.0 Å². The molecular formula is C36H39O5P2+. The van der Waals surface area contributed by atoms with Crippen LogP contribution in [0, 0.1) is 62.3 Å². The van der Waals surface area contributed by atoms with Gasteiger partial charge in [-0.15, -0.1) is 0 Å². The summed E-state index contributed by atoms with van der Waals surface area (Å²) in [6.07, 6.45) is 0. The first-order chi connectivity index (χ1) is 20.1. The molecule has 222 valence electrons. The second-order valence-corrected chi connectivity index (χ2v) is 14.5. The lowest BCUT2D eigenvalue weighted by atomic mass is 10.0. The van der Waals surface area contributed by atoms with Gasteiger partial charge in [0.25, 0.3) is 0 Å². The molecule has 5 nitrogen and oxygen atoms in total. The molecule has 1 unspecified atom stereocenters. The number of rotatable bonds is 7. The molecule has 7 heteroatoms. The molecule has 0 amide bonds. The lowest BCUT2D eigenvalue weighted by Crippen LogP contribution is -2.23. The maximum Gasteiger partial charge on any atom is 0.406 e. The molecule has 0 aromatic heterocycles. The van der Waals surface area contributed by atoms with Crippen molar-refractivity contribution in [3.8, 4) is 0 Å². The van der Waals surface area contributed by atoms with Gasteiger partial charge < -0.3 is 4.57 Å². The van der Waals surface area contributed by atoms with Crippen molar-refractivity contribution in [2.45, 2.75) is 62.3 Å². The standard InChI is InChI=1S/C26H27O3P.C10H11O2P/c1-16-12-18(3)23(19(4)13-16)25(27)30(29,22-10-8-7-9-11-22)26(28)24-20(5)14-17(2)15-21(24)6;1-6-4-7(2)9(8(3)5-6)10(11)13-12/h7-15H,1-6H3;4-5H,1-3H3/p+1. The average Bonchev–Trinajstić information content (AvgIpc) is 2.91. The average molecular weight is 614 g/mol. The molecule has 4 aromatic rings. The van der Waals surface area contributed by atoms with Crippen LogP contribution in [0.25, 0.3) is 0 Å². The summed E-state index contributed by atoms with van der Waals surface area (Å²) in [4.78, 5) is 38.9. The van der Waals surface area contributed by atoms with Crippen molar-refractivity contribution in [1.82, 2.24) is 0 Å². The minimum absolute atomic E-state index is 0.277. The van der Waals surface area contributed by atoms with Crippen LogP contribution in [0.1, 0.15) is 81.1 Å². The lowest BCUT2D eigenvalue weighted by Gasteiger charge is -2.21. The third-order valence-electron chi connectivity index (χ3n) is 7.47. The molecule has 4 aromatic carbocycles. The first kappa shape index (κ1) is 33.7. The van der Waals surface area contributed by atoms with Gasteiger partial charge in [-0.05, 0) is 95.7 Å². The zero-order chi connectivity index (χ0) is 32.2. The van der Waals surface area contributed by atoms with Gasteiger partial charge >= 0.3 is 14.0 Å². The Morgan fingerprint density at radius 1 is 0.512 bits per heavy atom. The second-order valence-electron chi connectivity index (χ2n) is 11.3. The van der Waals surface area contributed by atoms with E-state index in [0.29, 0.717) is 16.7 Å². The van der Waals surface area contributed by atoms with Crippen LogP contribution in [0.5, 0.6) is 0 Å². The third-order valence-corrected chi connectivity index (χ3v) is 10.5. The Labute approximate surface area is 256 Å². The molecule has 0 N–H and O–H groups in total. The highest BCUT2D eigenvalue weighted by molar-refractivity contribution is 8.01. The van der Waals surface area contributed by atoms with Crippen LogP contribution >= 0.6 is 15.6 Å². The number of aryl methyl sites for hydroxylation is 9. The molecule has 0 radical (unpaired) electrons. The van der Waals surface area contributed by atoms with Crippen LogP contribution in [0.2, 0.25) is 0 Å². The summed E-state index contributed by atoms with van der Waals surface area (Å²) in [5.74, 6) is 0. The minimum atomic E-state index is -4.11. The summed E-state index contributed by atoms with van der Waals surface area (Å²) >= 11 is 0. The Hall–Kier alpha value is -3.78. The Morgan fingerprint density at radius 2 is 0.814 bits per heavy atom. The van der Waals surface area contributed by atoms with Crippen molar-refractivity contribution in [1.29, 1.82) is 0 Å². The molecule has 43 heavy (non-hydrogen) atoms. The van der Waals surface area contributed by atoms with Crippen LogP contribution in [0.3, 0.4) is 0 Å². The first-order valence-electron chi connectivity index (χ1n) is 14.0. The quantitative estimate of drug-likeness (QED) is 0.194. The van der Waals surface area contributed by atoms with Crippen molar-refractivity contribution in [3.63, 3.8) is 0 Å². The molecule has 0 saturated carbocycles. The molecule has 4 rings (SSSR count). The summed E-state index contributed by atoms with van der Waals surface area (Å²) in [6, 6.07) is 19.9. The van der Waals surface area contributed by atoms with E-state index in [1.807, 2.05) is 98.7 Å². The normalized spacial score (nSPS) is 11.1. The van der Waals surface area contributed by atoms with Gasteiger partial charge in [0.05, 0.1) is 5.56 Å². The highest BCUT2D eigenvalue weighted by Crippen LogP contribution is 2.52. The van der Waals surface area contributed by atoms with E-state index in [-0.39, 0.29) is 10.8 Å². The molecule has 1 atom stereocenters. The Kier molecular flexibility index (Phi) is 10.7. The Balaban J connectivity index is 0.000000326. The van der Waals surface area contributed by atoms with E-state index in [1.54, 1.807) is 30.3 Å². The molecule has 0 bridgehead atoms. The summed E-state index contributed by atoms with van der Waals surface area (Å²) in [5, 5.41) is 0.277. The molecule has 0 saturated heterocycles. The SMILES string of the molecule is Cc1cc(C)c(C(=O)P(=O)(C(=O)c2c(C)cc(C)cc2C)c2ccccc2)c(C)c1.Cc1cc(C)c(C(=O)[PH+]=O)c(C)c1. The van der Waals surface area contributed by atoms with Crippen LogP contribution in [-0.4, -0.2) is 16.6 Å². The predicted octanol–water partition coefficient (Wildman–Crippen LogP) is 8.98. The van der Waals surface area contributed by atoms with Crippen molar-refractivity contribution >= 4 is 37.5 Å². The predicted molar refractivity (Wildman–Crippen MR) is 178 cm³/mol. The van der Waals surface area contributed by atoms with Gasteiger partial charge in [-0.2, -0.15) is 0 Å². The largest absolute Gasteiger partial charge is 0.406 e. The highest BCUT2D eigenvalue weighted by atomic mass is 31.2. The van der Waals surface area contributed by atoms with Crippen LogP contribution in [0.15, 0.2) is 66.7 Å². The smallest absolute Gasteiger partial charge is 0.302 e.